The lowest BCUT2D eigenvalue weighted by atomic mass is 10.1. The van der Waals surface area contributed by atoms with E-state index in [-0.39, 0.29) is 40.7 Å². The van der Waals surface area contributed by atoms with E-state index in [4.69, 9.17) is 9.47 Å². The number of halogens is 1. The Kier molecular flexibility index (Phi) is 13.6. The average molecular weight is 520 g/mol. The van der Waals surface area contributed by atoms with Crippen LogP contribution in [0.4, 0.5) is 5.69 Å². The average Bonchev–Trinajstić information content (AvgIpc) is 3.22. The van der Waals surface area contributed by atoms with Gasteiger partial charge in [-0.15, -0.1) is 24.0 Å². The zero-order chi connectivity index (χ0) is 20.0. The lowest BCUT2D eigenvalue weighted by Crippen LogP contribution is -2.38. The normalized spacial score (nSPS) is 16.3. The van der Waals surface area contributed by atoms with Crippen molar-refractivity contribution in [2.75, 3.05) is 40.0 Å². The first kappa shape index (κ1) is 25.6. The summed E-state index contributed by atoms with van der Waals surface area (Å²) in [7, 11) is 1.76. The van der Waals surface area contributed by atoms with Crippen LogP contribution in [-0.2, 0) is 15.9 Å². The molecule has 29 heavy (non-hydrogen) atoms. The summed E-state index contributed by atoms with van der Waals surface area (Å²) in [6, 6.07) is 6.77. The standard InChI is InChI=1S/C20H32N4O4.HI/c1-21-20(23-13-5-14-27-16-19-7-4-15-28-19)22-12-3-2-6-17-8-10-18(11-9-17)24(25)26;/h8-11,19H,2-7,12-16H2,1H3,(H2,21,22,23);1H. The number of aliphatic imine (C=N–C) groups is 1. The first-order valence-corrected chi connectivity index (χ1v) is 10.1. The van der Waals surface area contributed by atoms with Gasteiger partial charge in [-0.05, 0) is 44.1 Å². The van der Waals surface area contributed by atoms with Crippen LogP contribution in [0.1, 0.15) is 37.7 Å². The van der Waals surface area contributed by atoms with Gasteiger partial charge in [0, 0.05) is 45.5 Å². The van der Waals surface area contributed by atoms with E-state index in [9.17, 15) is 10.1 Å². The number of rotatable bonds is 12. The fourth-order valence-electron chi connectivity index (χ4n) is 3.04. The van der Waals surface area contributed by atoms with Gasteiger partial charge in [0.2, 0.25) is 0 Å². The topological polar surface area (TPSA) is 98.0 Å². The predicted molar refractivity (Wildman–Crippen MR) is 125 cm³/mol. The molecule has 1 unspecified atom stereocenters. The smallest absolute Gasteiger partial charge is 0.269 e. The number of nitrogens with zero attached hydrogens (tertiary/aromatic N) is 2. The number of non-ortho nitro benzene ring substituents is 1. The quantitative estimate of drug-likeness (QED) is 0.110. The second-order valence-electron chi connectivity index (χ2n) is 6.87. The lowest BCUT2D eigenvalue weighted by Gasteiger charge is -2.13. The molecule has 0 amide bonds. The summed E-state index contributed by atoms with van der Waals surface area (Å²) in [6.45, 7) is 3.93. The third-order valence-corrected chi connectivity index (χ3v) is 4.64. The van der Waals surface area contributed by atoms with Gasteiger partial charge in [-0.2, -0.15) is 0 Å². The first-order chi connectivity index (χ1) is 13.7. The highest BCUT2D eigenvalue weighted by Gasteiger charge is 2.14. The minimum absolute atomic E-state index is 0. The highest BCUT2D eigenvalue weighted by molar-refractivity contribution is 14.0. The molecule has 2 rings (SSSR count). The van der Waals surface area contributed by atoms with E-state index in [1.807, 2.05) is 12.1 Å². The predicted octanol–water partition coefficient (Wildman–Crippen LogP) is 3.29. The number of nitrogens with one attached hydrogen (secondary N) is 2. The van der Waals surface area contributed by atoms with E-state index in [1.54, 1.807) is 19.2 Å². The van der Waals surface area contributed by atoms with Crippen molar-refractivity contribution in [1.29, 1.82) is 0 Å². The maximum Gasteiger partial charge on any atom is 0.269 e. The zero-order valence-electron chi connectivity index (χ0n) is 17.1. The van der Waals surface area contributed by atoms with E-state index in [0.717, 1.165) is 76.4 Å². The van der Waals surface area contributed by atoms with Crippen molar-refractivity contribution < 1.29 is 14.4 Å². The number of guanidine groups is 1. The molecule has 8 nitrogen and oxygen atoms in total. The number of hydrogen-bond donors (Lipinski definition) is 2. The Morgan fingerprint density at radius 1 is 1.24 bits per heavy atom. The molecule has 1 aliphatic heterocycles. The van der Waals surface area contributed by atoms with E-state index in [2.05, 4.69) is 15.6 Å². The Balaban J connectivity index is 0.00000420. The van der Waals surface area contributed by atoms with E-state index < -0.39 is 0 Å². The Morgan fingerprint density at radius 3 is 2.59 bits per heavy atom. The summed E-state index contributed by atoms with van der Waals surface area (Å²) < 4.78 is 11.2. The molecular formula is C20H33IN4O4. The largest absolute Gasteiger partial charge is 0.379 e. The van der Waals surface area contributed by atoms with Gasteiger partial charge in [-0.1, -0.05) is 12.1 Å². The van der Waals surface area contributed by atoms with Crippen molar-refractivity contribution in [2.45, 2.75) is 44.6 Å². The number of nitro benzene ring substituents is 1. The molecule has 0 aromatic heterocycles. The van der Waals surface area contributed by atoms with Gasteiger partial charge < -0.3 is 20.1 Å². The van der Waals surface area contributed by atoms with Crippen LogP contribution in [0.25, 0.3) is 0 Å². The molecule has 0 saturated carbocycles. The molecule has 0 radical (unpaired) electrons. The van der Waals surface area contributed by atoms with Crippen molar-refractivity contribution in [3.8, 4) is 0 Å². The van der Waals surface area contributed by atoms with Gasteiger partial charge in [0.15, 0.2) is 5.96 Å². The maximum atomic E-state index is 10.7. The summed E-state index contributed by atoms with van der Waals surface area (Å²) in [5.74, 6) is 0.800. The van der Waals surface area contributed by atoms with Gasteiger partial charge in [0.05, 0.1) is 17.6 Å². The van der Waals surface area contributed by atoms with E-state index >= 15 is 0 Å². The summed E-state index contributed by atoms with van der Waals surface area (Å²) in [4.78, 5) is 14.5. The van der Waals surface area contributed by atoms with Crippen molar-refractivity contribution >= 4 is 35.6 Å². The Morgan fingerprint density at radius 2 is 1.97 bits per heavy atom. The van der Waals surface area contributed by atoms with Gasteiger partial charge in [0.1, 0.15) is 0 Å². The Hall–Kier alpha value is -1.46. The first-order valence-electron chi connectivity index (χ1n) is 10.1. The molecule has 1 atom stereocenters. The van der Waals surface area contributed by atoms with Gasteiger partial charge >= 0.3 is 0 Å². The van der Waals surface area contributed by atoms with Crippen molar-refractivity contribution in [3.05, 3.63) is 39.9 Å². The molecule has 9 heteroatoms. The van der Waals surface area contributed by atoms with Crippen molar-refractivity contribution in [1.82, 2.24) is 10.6 Å². The lowest BCUT2D eigenvalue weighted by molar-refractivity contribution is -0.384. The molecular weight excluding hydrogens is 487 g/mol. The summed E-state index contributed by atoms with van der Waals surface area (Å²) in [5.41, 5.74) is 1.26. The highest BCUT2D eigenvalue weighted by atomic mass is 127. The number of unbranched alkanes of at least 4 members (excludes halogenated alkanes) is 1. The second kappa shape index (κ2) is 15.4. The molecule has 1 saturated heterocycles. The SMILES string of the molecule is CN=C(NCCCCc1ccc([N+](=O)[O-])cc1)NCCCOCC1CCCO1.I. The second-order valence-corrected chi connectivity index (χ2v) is 6.87. The van der Waals surface area contributed by atoms with Crippen molar-refractivity contribution in [3.63, 3.8) is 0 Å². The van der Waals surface area contributed by atoms with Crippen LogP contribution < -0.4 is 10.6 Å². The number of ether oxygens (including phenoxy) is 2. The molecule has 164 valence electrons. The van der Waals surface area contributed by atoms with Crippen LogP contribution in [0.5, 0.6) is 0 Å². The van der Waals surface area contributed by atoms with Crippen LogP contribution in [0.15, 0.2) is 29.3 Å². The van der Waals surface area contributed by atoms with Crippen LogP contribution in [0.3, 0.4) is 0 Å². The molecule has 0 spiro atoms. The Labute approximate surface area is 190 Å². The van der Waals surface area contributed by atoms with Crippen molar-refractivity contribution in [2.24, 2.45) is 4.99 Å². The van der Waals surface area contributed by atoms with E-state index in [0.29, 0.717) is 6.61 Å². The summed E-state index contributed by atoms with van der Waals surface area (Å²) in [6.07, 6.45) is 6.39. The third-order valence-electron chi connectivity index (χ3n) is 4.64. The van der Waals surface area contributed by atoms with E-state index in [1.165, 1.54) is 0 Å². The molecule has 1 fully saturated rings. The maximum absolute atomic E-state index is 10.7. The minimum Gasteiger partial charge on any atom is -0.379 e. The molecule has 2 N–H and O–H groups in total. The fraction of sp³-hybridized carbons (Fsp3) is 0.650. The number of benzene rings is 1. The number of aryl methyl sites for hydroxylation is 1. The van der Waals surface area contributed by atoms with Crippen LogP contribution in [0.2, 0.25) is 0 Å². The molecule has 1 heterocycles. The number of hydrogen-bond acceptors (Lipinski definition) is 5. The monoisotopic (exact) mass is 520 g/mol. The summed E-state index contributed by atoms with van der Waals surface area (Å²) in [5, 5.41) is 17.2. The Bertz CT molecular complexity index is 607. The molecule has 0 aliphatic carbocycles. The summed E-state index contributed by atoms with van der Waals surface area (Å²) >= 11 is 0. The van der Waals surface area contributed by atoms with Gasteiger partial charge in [-0.3, -0.25) is 15.1 Å². The molecule has 0 bridgehead atoms. The van der Waals surface area contributed by atoms with Gasteiger partial charge in [-0.25, -0.2) is 0 Å². The van der Waals surface area contributed by atoms with Gasteiger partial charge in [0.25, 0.3) is 5.69 Å². The minimum atomic E-state index is -0.373. The van der Waals surface area contributed by atoms with Crippen LogP contribution >= 0.6 is 24.0 Å². The molecule has 1 aromatic rings. The van der Waals surface area contributed by atoms with Crippen LogP contribution in [-0.4, -0.2) is 56.9 Å². The van der Waals surface area contributed by atoms with Crippen LogP contribution in [0, 0.1) is 10.1 Å². The zero-order valence-corrected chi connectivity index (χ0v) is 19.4. The molecule has 1 aliphatic rings. The fourth-order valence-corrected chi connectivity index (χ4v) is 3.04. The third kappa shape index (κ3) is 10.8. The highest BCUT2D eigenvalue weighted by Crippen LogP contribution is 2.13. The number of nitro groups is 1. The molecule has 1 aromatic carbocycles.